The largest absolute Gasteiger partial charge is 0.387 e. The first-order chi connectivity index (χ1) is 11.1. The molecule has 0 saturated carbocycles. The Morgan fingerprint density at radius 3 is 2.70 bits per heavy atom. The van der Waals surface area contributed by atoms with Crippen LogP contribution < -0.4 is 11.5 Å². The summed E-state index contributed by atoms with van der Waals surface area (Å²) in [6.45, 7) is 0. The maximum atomic E-state index is 11.4. The van der Waals surface area contributed by atoms with E-state index < -0.39 is 5.91 Å². The van der Waals surface area contributed by atoms with E-state index in [1.807, 2.05) is 36.4 Å². The van der Waals surface area contributed by atoms with Crippen LogP contribution in [-0.4, -0.2) is 11.7 Å². The lowest BCUT2D eigenvalue weighted by Crippen LogP contribution is -2.19. The molecule has 1 aliphatic heterocycles. The molecule has 0 radical (unpaired) electrons. The van der Waals surface area contributed by atoms with Crippen molar-refractivity contribution in [2.45, 2.75) is 6.42 Å². The number of hydrogen-bond donors (Lipinski definition) is 2. The molecule has 0 fully saturated rings. The lowest BCUT2D eigenvalue weighted by molar-refractivity contribution is -0.114. The molecule has 2 aromatic carbocycles. The Morgan fingerprint density at radius 1 is 1.17 bits per heavy atom. The molecule has 4 N–H and O–H groups in total. The summed E-state index contributed by atoms with van der Waals surface area (Å²) in [5.41, 5.74) is 15.6. The fraction of sp³-hybridized carbons (Fsp3) is 0.0556. The standard InChI is InChI=1S/C18H14N4O/c19-10-11-2-1-3-12(6-11)13-4-5-14-7-15(18(21)23)9-17(20)22-16(14)8-13/h1-8H,9H2,(H2,20,22)(H2,21,23). The maximum absolute atomic E-state index is 11.4. The van der Waals surface area contributed by atoms with Crippen molar-refractivity contribution in [3.8, 4) is 17.2 Å². The lowest BCUT2D eigenvalue weighted by Gasteiger charge is -2.06. The molecule has 1 heterocycles. The predicted molar refractivity (Wildman–Crippen MR) is 89.7 cm³/mol. The van der Waals surface area contributed by atoms with Crippen LogP contribution in [0.4, 0.5) is 5.69 Å². The van der Waals surface area contributed by atoms with Crippen molar-refractivity contribution < 1.29 is 4.79 Å². The van der Waals surface area contributed by atoms with Gasteiger partial charge in [-0.2, -0.15) is 5.26 Å². The Kier molecular flexibility index (Phi) is 3.65. The van der Waals surface area contributed by atoms with E-state index in [0.29, 0.717) is 22.7 Å². The Hall–Kier alpha value is -3.39. The normalized spacial score (nSPS) is 13.2. The number of amides is 1. The van der Waals surface area contributed by atoms with Crippen LogP contribution in [0.1, 0.15) is 17.5 Å². The van der Waals surface area contributed by atoms with Gasteiger partial charge in [-0.1, -0.05) is 24.3 Å². The minimum atomic E-state index is -0.498. The van der Waals surface area contributed by atoms with Gasteiger partial charge in [0.05, 0.1) is 17.3 Å². The van der Waals surface area contributed by atoms with E-state index in [0.717, 1.165) is 16.7 Å². The van der Waals surface area contributed by atoms with Gasteiger partial charge in [-0.25, -0.2) is 4.99 Å². The van der Waals surface area contributed by atoms with Gasteiger partial charge in [0.1, 0.15) is 5.84 Å². The number of amidine groups is 1. The zero-order chi connectivity index (χ0) is 16.4. The van der Waals surface area contributed by atoms with Crippen LogP contribution in [0.3, 0.4) is 0 Å². The molecule has 0 bridgehead atoms. The number of carbonyl (C=O) groups is 1. The zero-order valence-electron chi connectivity index (χ0n) is 12.3. The Balaban J connectivity index is 2.11. The molecule has 1 aliphatic rings. The van der Waals surface area contributed by atoms with Gasteiger partial charge in [-0.15, -0.1) is 0 Å². The molecule has 2 aromatic rings. The number of nitrogens with zero attached hydrogens (tertiary/aromatic N) is 2. The van der Waals surface area contributed by atoms with Gasteiger partial charge < -0.3 is 11.5 Å². The smallest absolute Gasteiger partial charge is 0.245 e. The molecule has 0 aliphatic carbocycles. The van der Waals surface area contributed by atoms with E-state index in [1.165, 1.54) is 0 Å². The molecule has 0 atom stereocenters. The average Bonchev–Trinajstić information content (AvgIpc) is 2.72. The number of nitrogens with two attached hydrogens (primary N) is 2. The highest BCUT2D eigenvalue weighted by Crippen LogP contribution is 2.31. The number of fused-ring (bicyclic) bond motifs is 1. The number of aliphatic imine (C=N–C) groups is 1. The number of carbonyl (C=O) groups excluding carboxylic acids is 1. The average molecular weight is 302 g/mol. The fourth-order valence-corrected chi connectivity index (χ4v) is 2.50. The molecule has 5 heteroatoms. The first-order valence-corrected chi connectivity index (χ1v) is 7.05. The van der Waals surface area contributed by atoms with Crippen LogP contribution in [0.5, 0.6) is 0 Å². The number of benzene rings is 2. The number of hydrogen-bond acceptors (Lipinski definition) is 4. The Bertz CT molecular complexity index is 903. The van der Waals surface area contributed by atoms with Gasteiger partial charge in [-0.05, 0) is 35.4 Å². The Morgan fingerprint density at radius 2 is 1.96 bits per heavy atom. The number of nitriles is 1. The zero-order valence-corrected chi connectivity index (χ0v) is 12.3. The molecular formula is C18H14N4O. The van der Waals surface area contributed by atoms with E-state index >= 15 is 0 Å². The monoisotopic (exact) mass is 302 g/mol. The molecule has 1 amide bonds. The van der Waals surface area contributed by atoms with Gasteiger partial charge in [-0.3, -0.25) is 4.79 Å². The summed E-state index contributed by atoms with van der Waals surface area (Å²) < 4.78 is 0. The Labute approximate surface area is 133 Å². The predicted octanol–water partition coefficient (Wildman–Crippen LogP) is 2.49. The van der Waals surface area contributed by atoms with E-state index in [9.17, 15) is 4.79 Å². The molecule has 3 rings (SSSR count). The van der Waals surface area contributed by atoms with Gasteiger partial charge in [0.15, 0.2) is 0 Å². The fourth-order valence-electron chi connectivity index (χ4n) is 2.50. The van der Waals surface area contributed by atoms with Gasteiger partial charge in [0.2, 0.25) is 5.91 Å². The third-order valence-corrected chi connectivity index (χ3v) is 3.64. The summed E-state index contributed by atoms with van der Waals surface area (Å²) in [5.74, 6) is -0.154. The van der Waals surface area contributed by atoms with Crippen LogP contribution >= 0.6 is 0 Å². The van der Waals surface area contributed by atoms with Crippen molar-refractivity contribution in [1.82, 2.24) is 0 Å². The molecule has 0 saturated heterocycles. The maximum Gasteiger partial charge on any atom is 0.245 e. The second-order valence-electron chi connectivity index (χ2n) is 5.28. The third kappa shape index (κ3) is 2.97. The minimum absolute atomic E-state index is 0.239. The third-order valence-electron chi connectivity index (χ3n) is 3.64. The summed E-state index contributed by atoms with van der Waals surface area (Å²) in [4.78, 5) is 15.8. The second kappa shape index (κ2) is 5.78. The summed E-state index contributed by atoms with van der Waals surface area (Å²) in [5, 5.41) is 9.01. The van der Waals surface area contributed by atoms with Gasteiger partial charge in [0.25, 0.3) is 0 Å². The van der Waals surface area contributed by atoms with Gasteiger partial charge in [0, 0.05) is 17.6 Å². The first kappa shape index (κ1) is 14.5. The topological polar surface area (TPSA) is 105 Å². The van der Waals surface area contributed by atoms with E-state index in [2.05, 4.69) is 11.1 Å². The minimum Gasteiger partial charge on any atom is -0.387 e. The van der Waals surface area contributed by atoms with Crippen LogP contribution in [0.2, 0.25) is 0 Å². The van der Waals surface area contributed by atoms with E-state index in [-0.39, 0.29) is 6.42 Å². The summed E-state index contributed by atoms with van der Waals surface area (Å²) in [6, 6.07) is 15.1. The summed E-state index contributed by atoms with van der Waals surface area (Å²) >= 11 is 0. The molecule has 0 aromatic heterocycles. The highest BCUT2D eigenvalue weighted by molar-refractivity contribution is 6.04. The first-order valence-electron chi connectivity index (χ1n) is 7.05. The van der Waals surface area contributed by atoms with Gasteiger partial charge >= 0.3 is 0 Å². The van der Waals surface area contributed by atoms with Crippen molar-refractivity contribution in [2.24, 2.45) is 16.5 Å². The van der Waals surface area contributed by atoms with E-state index in [4.69, 9.17) is 16.7 Å². The molecule has 23 heavy (non-hydrogen) atoms. The summed E-state index contributed by atoms with van der Waals surface area (Å²) in [6.07, 6.45) is 1.96. The van der Waals surface area contributed by atoms with Crippen LogP contribution in [0, 0.1) is 11.3 Å². The number of primary amides is 1. The highest BCUT2D eigenvalue weighted by Gasteiger charge is 2.14. The molecule has 0 unspecified atom stereocenters. The SMILES string of the molecule is N#Cc1cccc(-c2ccc3c(c2)N=C(N)CC(C(N)=O)=C3)c1. The molecule has 5 nitrogen and oxygen atoms in total. The van der Waals surface area contributed by atoms with Crippen LogP contribution in [0.15, 0.2) is 53.0 Å². The van der Waals surface area contributed by atoms with E-state index in [1.54, 1.807) is 12.1 Å². The second-order valence-corrected chi connectivity index (χ2v) is 5.28. The highest BCUT2D eigenvalue weighted by atomic mass is 16.1. The molecule has 112 valence electrons. The van der Waals surface area contributed by atoms with Crippen molar-refractivity contribution in [3.05, 3.63) is 59.2 Å². The quantitative estimate of drug-likeness (QED) is 0.890. The molecular weight excluding hydrogens is 288 g/mol. The van der Waals surface area contributed by atoms with Crippen molar-refractivity contribution in [2.75, 3.05) is 0 Å². The van der Waals surface area contributed by atoms with Crippen molar-refractivity contribution >= 4 is 23.5 Å². The van der Waals surface area contributed by atoms with Crippen LogP contribution in [-0.2, 0) is 4.79 Å². The number of rotatable bonds is 2. The van der Waals surface area contributed by atoms with Crippen LogP contribution in [0.25, 0.3) is 17.2 Å². The summed E-state index contributed by atoms with van der Waals surface area (Å²) in [7, 11) is 0. The van der Waals surface area contributed by atoms with Crippen molar-refractivity contribution in [3.63, 3.8) is 0 Å². The van der Waals surface area contributed by atoms with Crippen molar-refractivity contribution in [1.29, 1.82) is 5.26 Å². The lowest BCUT2D eigenvalue weighted by atomic mass is 10.00. The molecule has 0 spiro atoms.